The van der Waals surface area contributed by atoms with Gasteiger partial charge in [-0.3, -0.25) is 9.59 Å². The van der Waals surface area contributed by atoms with Gasteiger partial charge in [-0.25, -0.2) is 0 Å². The molecule has 0 radical (unpaired) electrons. The molecule has 0 rings (SSSR count). The highest BCUT2D eigenvalue weighted by Crippen LogP contribution is 2.02. The van der Waals surface area contributed by atoms with Crippen molar-refractivity contribution in [1.29, 1.82) is 0 Å². The van der Waals surface area contributed by atoms with Crippen molar-refractivity contribution in [3.63, 3.8) is 0 Å². The summed E-state index contributed by atoms with van der Waals surface area (Å²) in [6.07, 6.45) is 6.71. The van der Waals surface area contributed by atoms with Crippen molar-refractivity contribution < 1.29 is 9.59 Å². The maximum absolute atomic E-state index is 11.2. The topological polar surface area (TPSA) is 34.1 Å². The fourth-order valence-corrected chi connectivity index (χ4v) is 0.788. The van der Waals surface area contributed by atoms with Gasteiger partial charge in [-0.15, -0.1) is 0 Å². The first-order valence-electron chi connectivity index (χ1n) is 4.11. The Labute approximate surface area is 73.0 Å². The van der Waals surface area contributed by atoms with Gasteiger partial charge in [0.05, 0.1) is 0 Å². The van der Waals surface area contributed by atoms with E-state index in [9.17, 15) is 9.59 Å². The lowest BCUT2D eigenvalue weighted by Crippen LogP contribution is -1.97. The van der Waals surface area contributed by atoms with E-state index < -0.39 is 0 Å². The lowest BCUT2D eigenvalue weighted by molar-refractivity contribution is -0.112. The molecule has 0 saturated carbocycles. The number of allylic oxidation sites excluding steroid dienone is 4. The summed E-state index contributed by atoms with van der Waals surface area (Å²) in [5.74, 6) is -0.0635. The largest absolute Gasteiger partial charge is 0.299 e. The fraction of sp³-hybridized carbons (Fsp3) is 0.400. The monoisotopic (exact) mass is 166 g/mol. The zero-order valence-electron chi connectivity index (χ0n) is 7.54. The number of hydrogen-bond donors (Lipinski definition) is 0. The van der Waals surface area contributed by atoms with Gasteiger partial charge >= 0.3 is 0 Å². The van der Waals surface area contributed by atoms with Crippen LogP contribution in [0.25, 0.3) is 0 Å². The zero-order chi connectivity index (χ0) is 9.40. The van der Waals surface area contributed by atoms with Crippen LogP contribution >= 0.6 is 0 Å². The van der Waals surface area contributed by atoms with E-state index in [1.807, 2.05) is 13.8 Å². The molecule has 0 unspecified atom stereocenters. The van der Waals surface area contributed by atoms with Gasteiger partial charge in [0, 0.05) is 5.57 Å². The molecule has 2 nitrogen and oxygen atoms in total. The third-order valence-corrected chi connectivity index (χ3v) is 1.47. The number of carbonyl (C=O) groups is 2. The molecule has 0 aromatic rings. The highest BCUT2D eigenvalue weighted by Gasteiger charge is 2.01. The SMILES string of the molecule is CCC=CC(=O)C(=CC=O)CC. The standard InChI is InChI=1S/C10H14O2/c1-3-5-6-10(12)9(4-2)7-8-11/h5-8H,3-4H2,1-2H3. The van der Waals surface area contributed by atoms with Gasteiger partial charge in [0.25, 0.3) is 0 Å². The molecular formula is C10H14O2. The molecule has 0 aliphatic heterocycles. The third kappa shape index (κ3) is 3.86. The lowest BCUT2D eigenvalue weighted by atomic mass is 10.1. The average Bonchev–Trinajstić information content (AvgIpc) is 2.10. The quantitative estimate of drug-likeness (QED) is 0.462. The molecule has 0 spiro atoms. The summed E-state index contributed by atoms with van der Waals surface area (Å²) < 4.78 is 0. The Balaban J connectivity index is 4.32. The van der Waals surface area contributed by atoms with E-state index in [0.29, 0.717) is 18.3 Å². The molecule has 0 aliphatic carbocycles. The molecule has 66 valence electrons. The first-order valence-corrected chi connectivity index (χ1v) is 4.11. The molecule has 0 atom stereocenters. The van der Waals surface area contributed by atoms with Crippen LogP contribution in [0.5, 0.6) is 0 Å². The van der Waals surface area contributed by atoms with E-state index in [0.717, 1.165) is 6.42 Å². The Bertz CT molecular complexity index is 212. The van der Waals surface area contributed by atoms with Crippen LogP contribution in [0.1, 0.15) is 26.7 Å². The van der Waals surface area contributed by atoms with Crippen molar-refractivity contribution in [2.24, 2.45) is 0 Å². The summed E-state index contributed by atoms with van der Waals surface area (Å²) >= 11 is 0. The van der Waals surface area contributed by atoms with Crippen molar-refractivity contribution in [3.8, 4) is 0 Å². The minimum absolute atomic E-state index is 0.0635. The molecule has 0 fully saturated rings. The maximum Gasteiger partial charge on any atom is 0.181 e. The predicted octanol–water partition coefficient (Wildman–Crippen LogP) is 2.06. The van der Waals surface area contributed by atoms with Crippen molar-refractivity contribution in [3.05, 3.63) is 23.8 Å². The number of hydrogen-bond acceptors (Lipinski definition) is 2. The van der Waals surface area contributed by atoms with Gasteiger partial charge in [0.15, 0.2) is 5.78 Å². The van der Waals surface area contributed by atoms with Crippen LogP contribution in [0, 0.1) is 0 Å². The van der Waals surface area contributed by atoms with E-state index in [1.165, 1.54) is 12.2 Å². The Morgan fingerprint density at radius 1 is 1.33 bits per heavy atom. The molecule has 0 amide bonds. The van der Waals surface area contributed by atoms with Gasteiger partial charge in [0.1, 0.15) is 6.29 Å². The van der Waals surface area contributed by atoms with Crippen molar-refractivity contribution in [1.82, 2.24) is 0 Å². The minimum Gasteiger partial charge on any atom is -0.299 e. The van der Waals surface area contributed by atoms with Crippen LogP contribution in [0.4, 0.5) is 0 Å². The van der Waals surface area contributed by atoms with Gasteiger partial charge < -0.3 is 0 Å². The van der Waals surface area contributed by atoms with E-state index in [2.05, 4.69) is 0 Å². The normalized spacial score (nSPS) is 12.0. The van der Waals surface area contributed by atoms with Crippen LogP contribution in [-0.4, -0.2) is 12.1 Å². The Kier molecular flexibility index (Phi) is 5.88. The average molecular weight is 166 g/mol. The summed E-state index contributed by atoms with van der Waals surface area (Å²) in [5.41, 5.74) is 0.565. The molecule has 2 heteroatoms. The highest BCUT2D eigenvalue weighted by molar-refractivity contribution is 6.05. The van der Waals surface area contributed by atoms with E-state index in [1.54, 1.807) is 6.08 Å². The summed E-state index contributed by atoms with van der Waals surface area (Å²) in [6.45, 7) is 3.81. The molecule has 0 aromatic heterocycles. The van der Waals surface area contributed by atoms with Crippen LogP contribution in [0.3, 0.4) is 0 Å². The molecule has 0 aromatic carbocycles. The molecular weight excluding hydrogens is 152 g/mol. The molecule has 0 heterocycles. The number of carbonyl (C=O) groups excluding carboxylic acids is 2. The van der Waals surface area contributed by atoms with Crippen molar-refractivity contribution in [2.75, 3.05) is 0 Å². The minimum atomic E-state index is -0.0635. The van der Waals surface area contributed by atoms with Gasteiger partial charge in [-0.2, -0.15) is 0 Å². The van der Waals surface area contributed by atoms with E-state index in [4.69, 9.17) is 0 Å². The Morgan fingerprint density at radius 3 is 2.42 bits per heavy atom. The lowest BCUT2D eigenvalue weighted by Gasteiger charge is -1.95. The highest BCUT2D eigenvalue weighted by atomic mass is 16.1. The summed E-state index contributed by atoms with van der Waals surface area (Å²) in [7, 11) is 0. The van der Waals surface area contributed by atoms with Crippen LogP contribution in [-0.2, 0) is 9.59 Å². The molecule has 12 heavy (non-hydrogen) atoms. The predicted molar refractivity (Wildman–Crippen MR) is 48.9 cm³/mol. The fourth-order valence-electron chi connectivity index (χ4n) is 0.788. The van der Waals surface area contributed by atoms with Gasteiger partial charge in [-0.1, -0.05) is 19.9 Å². The summed E-state index contributed by atoms with van der Waals surface area (Å²) in [5, 5.41) is 0. The van der Waals surface area contributed by atoms with E-state index in [-0.39, 0.29) is 5.78 Å². The Hall–Kier alpha value is -1.18. The van der Waals surface area contributed by atoms with Crippen molar-refractivity contribution >= 4 is 12.1 Å². The first kappa shape index (κ1) is 10.8. The second-order valence-electron chi connectivity index (χ2n) is 2.36. The summed E-state index contributed by atoms with van der Waals surface area (Å²) in [4.78, 5) is 21.3. The number of rotatable bonds is 5. The third-order valence-electron chi connectivity index (χ3n) is 1.47. The second-order valence-corrected chi connectivity index (χ2v) is 2.36. The molecule has 0 bridgehead atoms. The molecule has 0 aliphatic rings. The van der Waals surface area contributed by atoms with Crippen molar-refractivity contribution in [2.45, 2.75) is 26.7 Å². The number of aldehydes is 1. The van der Waals surface area contributed by atoms with Crippen LogP contribution in [0.2, 0.25) is 0 Å². The second kappa shape index (κ2) is 6.53. The van der Waals surface area contributed by atoms with Crippen LogP contribution in [0.15, 0.2) is 23.8 Å². The van der Waals surface area contributed by atoms with Gasteiger partial charge in [0.2, 0.25) is 0 Å². The molecule has 0 saturated heterocycles. The van der Waals surface area contributed by atoms with Gasteiger partial charge in [-0.05, 0) is 25.0 Å². The summed E-state index contributed by atoms with van der Waals surface area (Å²) in [6, 6.07) is 0. The van der Waals surface area contributed by atoms with E-state index >= 15 is 0 Å². The number of ketones is 1. The Morgan fingerprint density at radius 2 is 2.00 bits per heavy atom. The maximum atomic E-state index is 11.2. The first-order chi connectivity index (χ1) is 5.76. The van der Waals surface area contributed by atoms with Crippen LogP contribution < -0.4 is 0 Å². The molecule has 0 N–H and O–H groups in total. The smallest absolute Gasteiger partial charge is 0.181 e. The zero-order valence-corrected chi connectivity index (χ0v) is 7.54.